The average Bonchev–Trinajstić information content (AvgIpc) is 2.10. The van der Waals surface area contributed by atoms with Crippen molar-refractivity contribution in [2.75, 3.05) is 19.8 Å². The fraction of sp³-hybridized carbons (Fsp3) is 0.875. The van der Waals surface area contributed by atoms with Gasteiger partial charge in [0.1, 0.15) is 5.54 Å². The van der Waals surface area contributed by atoms with Gasteiger partial charge in [0.05, 0.1) is 19.2 Å². The number of nitriles is 1. The van der Waals surface area contributed by atoms with E-state index in [4.69, 9.17) is 10.00 Å². The lowest BCUT2D eigenvalue weighted by molar-refractivity contribution is -0.128. The molecule has 0 rings (SSSR count). The number of halogens is 3. The first-order chi connectivity index (χ1) is 6.33. The van der Waals surface area contributed by atoms with Gasteiger partial charge in [0.15, 0.2) is 0 Å². The van der Waals surface area contributed by atoms with Crippen LogP contribution in [0.15, 0.2) is 0 Å². The Labute approximate surface area is 80.8 Å². The number of hydrogen-bond donors (Lipinski definition) is 1. The summed E-state index contributed by atoms with van der Waals surface area (Å²) in [6.45, 7) is 2.20. The molecule has 0 spiro atoms. The van der Waals surface area contributed by atoms with Gasteiger partial charge in [0.25, 0.3) is 0 Å². The van der Waals surface area contributed by atoms with Crippen molar-refractivity contribution >= 4 is 0 Å². The van der Waals surface area contributed by atoms with Crippen LogP contribution < -0.4 is 5.32 Å². The van der Waals surface area contributed by atoms with Gasteiger partial charge < -0.3 is 4.74 Å². The van der Waals surface area contributed by atoms with Crippen molar-refractivity contribution in [3.05, 3.63) is 0 Å². The highest BCUT2D eigenvalue weighted by atomic mass is 19.4. The largest absolute Gasteiger partial charge is 0.401 e. The van der Waals surface area contributed by atoms with E-state index in [9.17, 15) is 13.2 Å². The normalized spacial score (nSPS) is 16.0. The Balaban J connectivity index is 4.07. The maximum Gasteiger partial charge on any atom is 0.401 e. The summed E-state index contributed by atoms with van der Waals surface area (Å²) in [7, 11) is 0. The highest BCUT2D eigenvalue weighted by molar-refractivity contribution is 5.04. The van der Waals surface area contributed by atoms with Gasteiger partial charge in [-0.25, -0.2) is 0 Å². The Morgan fingerprint density at radius 3 is 2.36 bits per heavy atom. The summed E-state index contributed by atoms with van der Waals surface area (Å²) in [6, 6.07) is 1.75. The molecule has 1 N–H and O–H groups in total. The van der Waals surface area contributed by atoms with Crippen LogP contribution >= 0.6 is 0 Å². The van der Waals surface area contributed by atoms with Crippen LogP contribution in [-0.4, -0.2) is 31.5 Å². The lowest BCUT2D eigenvalue weighted by atomic mass is 10.1. The molecule has 0 fully saturated rings. The minimum atomic E-state index is -4.32. The summed E-state index contributed by atoms with van der Waals surface area (Å²) < 4.78 is 40.4. The predicted molar refractivity (Wildman–Crippen MR) is 44.6 cm³/mol. The van der Waals surface area contributed by atoms with Gasteiger partial charge in [0, 0.05) is 6.61 Å². The number of alkyl halides is 3. The number of nitrogens with zero attached hydrogens (tertiary/aromatic N) is 1. The topological polar surface area (TPSA) is 45.0 Å². The molecule has 0 aliphatic heterocycles. The first-order valence-corrected chi connectivity index (χ1v) is 4.14. The van der Waals surface area contributed by atoms with Crippen LogP contribution in [0.5, 0.6) is 0 Å². The van der Waals surface area contributed by atoms with Crippen molar-refractivity contribution in [2.24, 2.45) is 0 Å². The van der Waals surface area contributed by atoms with Crippen molar-refractivity contribution in [2.45, 2.75) is 25.6 Å². The van der Waals surface area contributed by atoms with E-state index in [0.717, 1.165) is 0 Å². The molecule has 0 radical (unpaired) electrons. The first-order valence-electron chi connectivity index (χ1n) is 4.14. The minimum Gasteiger partial charge on any atom is -0.379 e. The Bertz CT molecular complexity index is 212. The minimum absolute atomic E-state index is 0.0594. The van der Waals surface area contributed by atoms with Crippen LogP contribution in [-0.2, 0) is 4.74 Å². The summed E-state index contributed by atoms with van der Waals surface area (Å²) in [4.78, 5) is 0. The molecule has 0 aromatic rings. The number of nitrogens with one attached hydrogen (secondary N) is 1. The average molecular weight is 210 g/mol. The van der Waals surface area contributed by atoms with E-state index in [-0.39, 0.29) is 6.61 Å². The molecule has 14 heavy (non-hydrogen) atoms. The third kappa shape index (κ3) is 5.78. The van der Waals surface area contributed by atoms with E-state index < -0.39 is 18.3 Å². The molecular formula is C8H13F3N2O. The van der Waals surface area contributed by atoms with Gasteiger partial charge >= 0.3 is 6.18 Å². The number of ether oxygens (including phenoxy) is 1. The van der Waals surface area contributed by atoms with Crippen LogP contribution in [0, 0.1) is 11.3 Å². The van der Waals surface area contributed by atoms with E-state index in [2.05, 4.69) is 5.32 Å². The van der Waals surface area contributed by atoms with Crippen LogP contribution in [0.2, 0.25) is 0 Å². The maximum absolute atomic E-state index is 11.8. The lowest BCUT2D eigenvalue weighted by Crippen LogP contribution is -2.49. The fourth-order valence-electron chi connectivity index (χ4n) is 0.724. The zero-order valence-corrected chi connectivity index (χ0v) is 8.11. The smallest absolute Gasteiger partial charge is 0.379 e. The predicted octanol–water partition coefficient (Wildman–Crippen LogP) is 1.46. The molecule has 6 heteroatoms. The molecule has 1 unspecified atom stereocenters. The first kappa shape index (κ1) is 13.2. The van der Waals surface area contributed by atoms with Crippen LogP contribution in [0.25, 0.3) is 0 Å². The maximum atomic E-state index is 11.8. The van der Waals surface area contributed by atoms with Gasteiger partial charge in [-0.3, -0.25) is 5.32 Å². The summed E-state index contributed by atoms with van der Waals surface area (Å²) in [5.41, 5.74) is -1.29. The molecule has 0 aliphatic carbocycles. The standard InChI is InChI=1S/C8H13F3N2O/c1-3-14-6-7(2,4-12)13-5-8(9,10)11/h13H,3,5-6H2,1-2H3. The number of hydrogen-bond acceptors (Lipinski definition) is 3. The van der Waals surface area contributed by atoms with Gasteiger partial charge in [-0.2, -0.15) is 18.4 Å². The second-order valence-electron chi connectivity index (χ2n) is 3.05. The molecule has 0 aromatic carbocycles. The number of rotatable bonds is 5. The van der Waals surface area contributed by atoms with Crippen molar-refractivity contribution in [3.8, 4) is 6.07 Å². The van der Waals surface area contributed by atoms with Gasteiger partial charge in [-0.15, -0.1) is 0 Å². The Kier molecular flexibility index (Phi) is 4.88. The third-order valence-corrected chi connectivity index (χ3v) is 1.52. The highest BCUT2D eigenvalue weighted by Crippen LogP contribution is 2.14. The Morgan fingerprint density at radius 2 is 2.00 bits per heavy atom. The summed E-state index contributed by atoms with van der Waals surface area (Å²) in [6.07, 6.45) is -4.32. The molecule has 0 saturated heterocycles. The van der Waals surface area contributed by atoms with Gasteiger partial charge in [-0.1, -0.05) is 0 Å². The van der Waals surface area contributed by atoms with Crippen molar-refractivity contribution in [1.82, 2.24) is 5.32 Å². The summed E-state index contributed by atoms with van der Waals surface area (Å²) in [5, 5.41) is 10.8. The van der Waals surface area contributed by atoms with E-state index in [1.54, 1.807) is 13.0 Å². The molecule has 1 atom stereocenters. The Morgan fingerprint density at radius 1 is 1.43 bits per heavy atom. The van der Waals surface area contributed by atoms with Crippen molar-refractivity contribution in [3.63, 3.8) is 0 Å². The third-order valence-electron chi connectivity index (χ3n) is 1.52. The molecule has 0 aliphatic rings. The molecule has 0 aromatic heterocycles. The lowest BCUT2D eigenvalue weighted by Gasteiger charge is -2.23. The molecular weight excluding hydrogens is 197 g/mol. The molecule has 0 amide bonds. The SMILES string of the molecule is CCOCC(C)(C#N)NCC(F)(F)F. The molecule has 3 nitrogen and oxygen atoms in total. The zero-order chi connectivity index (χ0) is 11.2. The van der Waals surface area contributed by atoms with Crippen molar-refractivity contribution in [1.29, 1.82) is 5.26 Å². The highest BCUT2D eigenvalue weighted by Gasteiger charge is 2.32. The second-order valence-corrected chi connectivity index (χ2v) is 3.05. The molecule has 0 bridgehead atoms. The van der Waals surface area contributed by atoms with E-state index >= 15 is 0 Å². The second kappa shape index (κ2) is 5.17. The fourth-order valence-corrected chi connectivity index (χ4v) is 0.724. The quantitative estimate of drug-likeness (QED) is 0.747. The zero-order valence-electron chi connectivity index (χ0n) is 8.11. The van der Waals surface area contributed by atoms with E-state index in [0.29, 0.717) is 6.61 Å². The van der Waals surface area contributed by atoms with Crippen LogP contribution in [0.4, 0.5) is 13.2 Å². The van der Waals surface area contributed by atoms with E-state index in [1.807, 2.05) is 0 Å². The van der Waals surface area contributed by atoms with E-state index in [1.165, 1.54) is 6.92 Å². The van der Waals surface area contributed by atoms with Gasteiger partial charge in [0.2, 0.25) is 0 Å². The molecule has 0 heterocycles. The Hall–Kier alpha value is -0.800. The van der Waals surface area contributed by atoms with Crippen molar-refractivity contribution < 1.29 is 17.9 Å². The monoisotopic (exact) mass is 210 g/mol. The molecule has 0 saturated carbocycles. The summed E-state index contributed by atoms with van der Waals surface area (Å²) >= 11 is 0. The van der Waals surface area contributed by atoms with Crippen LogP contribution in [0.1, 0.15) is 13.8 Å². The van der Waals surface area contributed by atoms with Gasteiger partial charge in [-0.05, 0) is 13.8 Å². The van der Waals surface area contributed by atoms with Crippen LogP contribution in [0.3, 0.4) is 0 Å². The summed E-state index contributed by atoms with van der Waals surface area (Å²) in [5.74, 6) is 0. The molecule has 82 valence electrons.